The lowest BCUT2D eigenvalue weighted by molar-refractivity contribution is 0.268. The molecule has 0 saturated heterocycles. The van der Waals surface area contributed by atoms with Gasteiger partial charge in [0.2, 0.25) is 0 Å². The molecule has 0 amide bonds. The highest BCUT2D eigenvalue weighted by Crippen LogP contribution is 2.41. The molecule has 0 heterocycles. The van der Waals surface area contributed by atoms with E-state index in [9.17, 15) is 0 Å². The fourth-order valence-electron chi connectivity index (χ4n) is 3.68. The zero-order valence-corrected chi connectivity index (χ0v) is 12.8. The molecule has 1 aromatic carbocycles. The van der Waals surface area contributed by atoms with Gasteiger partial charge in [-0.15, -0.1) is 0 Å². The fourth-order valence-corrected chi connectivity index (χ4v) is 3.68. The van der Waals surface area contributed by atoms with Crippen LogP contribution in [0.2, 0.25) is 0 Å². The highest BCUT2D eigenvalue weighted by Gasteiger charge is 2.40. The summed E-state index contributed by atoms with van der Waals surface area (Å²) in [6.07, 6.45) is 6.75. The molecule has 2 aliphatic carbocycles. The summed E-state index contributed by atoms with van der Waals surface area (Å²) in [6.45, 7) is 4.52. The van der Waals surface area contributed by atoms with Crippen LogP contribution in [0.1, 0.15) is 57.4 Å². The maximum atomic E-state index is 3.93. The Bertz CT molecular complexity index is 415. The maximum Gasteiger partial charge on any atom is 0.0224 e. The first-order valence-electron chi connectivity index (χ1n) is 8.31. The van der Waals surface area contributed by atoms with Gasteiger partial charge < -0.3 is 10.6 Å². The van der Waals surface area contributed by atoms with Gasteiger partial charge in [0, 0.05) is 30.1 Å². The van der Waals surface area contributed by atoms with Crippen molar-refractivity contribution in [1.82, 2.24) is 10.6 Å². The van der Waals surface area contributed by atoms with Crippen molar-refractivity contribution in [1.29, 1.82) is 0 Å². The lowest BCUT2D eigenvalue weighted by Gasteiger charge is -2.34. The minimum atomic E-state index is 0.589. The van der Waals surface area contributed by atoms with E-state index in [2.05, 4.69) is 54.8 Å². The molecule has 0 aromatic heterocycles. The first kappa shape index (κ1) is 14.1. The van der Waals surface area contributed by atoms with Gasteiger partial charge in [-0.1, -0.05) is 57.0 Å². The van der Waals surface area contributed by atoms with Crippen molar-refractivity contribution < 1.29 is 0 Å². The molecule has 110 valence electrons. The molecular formula is C18H28N2. The van der Waals surface area contributed by atoms with Gasteiger partial charge in [-0.05, 0) is 24.8 Å². The molecule has 2 heteroatoms. The average Bonchev–Trinajstić information content (AvgIpc) is 3.21. The normalized spacial score (nSPS) is 33.4. The summed E-state index contributed by atoms with van der Waals surface area (Å²) in [5, 5.41) is 7.69. The molecule has 4 unspecified atom stereocenters. The molecule has 20 heavy (non-hydrogen) atoms. The topological polar surface area (TPSA) is 24.1 Å². The number of nitrogens with one attached hydrogen (secondary N) is 2. The van der Waals surface area contributed by atoms with Crippen LogP contribution in [0, 0.1) is 0 Å². The molecule has 2 nitrogen and oxygen atoms in total. The Morgan fingerprint density at radius 1 is 0.950 bits per heavy atom. The molecule has 0 bridgehead atoms. The minimum Gasteiger partial charge on any atom is -0.310 e. The first-order chi connectivity index (χ1) is 9.74. The second kappa shape index (κ2) is 6.28. The van der Waals surface area contributed by atoms with Gasteiger partial charge in [0.1, 0.15) is 0 Å². The maximum absolute atomic E-state index is 3.93. The SMILES string of the molecule is CC(C)NC1CCCCC1NC1CC1c1ccccc1. The smallest absolute Gasteiger partial charge is 0.0224 e. The highest BCUT2D eigenvalue weighted by molar-refractivity contribution is 5.27. The van der Waals surface area contributed by atoms with E-state index < -0.39 is 0 Å². The molecule has 0 spiro atoms. The summed E-state index contributed by atoms with van der Waals surface area (Å²) >= 11 is 0. The Labute approximate surface area is 123 Å². The summed E-state index contributed by atoms with van der Waals surface area (Å²) in [6, 6.07) is 13.6. The Morgan fingerprint density at radius 2 is 1.65 bits per heavy atom. The largest absolute Gasteiger partial charge is 0.310 e. The molecule has 2 aliphatic rings. The van der Waals surface area contributed by atoms with Crippen LogP contribution in [0.5, 0.6) is 0 Å². The monoisotopic (exact) mass is 272 g/mol. The number of rotatable bonds is 5. The zero-order chi connectivity index (χ0) is 13.9. The van der Waals surface area contributed by atoms with Crippen LogP contribution < -0.4 is 10.6 Å². The van der Waals surface area contributed by atoms with Crippen molar-refractivity contribution in [3.63, 3.8) is 0 Å². The van der Waals surface area contributed by atoms with Gasteiger partial charge >= 0.3 is 0 Å². The van der Waals surface area contributed by atoms with Crippen molar-refractivity contribution in [2.45, 2.75) is 76.0 Å². The molecule has 2 N–H and O–H groups in total. The fraction of sp³-hybridized carbons (Fsp3) is 0.667. The van der Waals surface area contributed by atoms with Crippen LogP contribution in [0.15, 0.2) is 30.3 Å². The lowest BCUT2D eigenvalue weighted by atomic mass is 9.89. The third-order valence-corrected chi connectivity index (χ3v) is 4.76. The number of benzene rings is 1. The van der Waals surface area contributed by atoms with Crippen molar-refractivity contribution in [2.24, 2.45) is 0 Å². The van der Waals surface area contributed by atoms with Crippen LogP contribution in [-0.4, -0.2) is 24.2 Å². The predicted molar refractivity (Wildman–Crippen MR) is 85.0 cm³/mol. The summed E-state index contributed by atoms with van der Waals surface area (Å²) in [5.74, 6) is 0.748. The molecular weight excluding hydrogens is 244 g/mol. The third kappa shape index (κ3) is 3.42. The van der Waals surface area contributed by atoms with Crippen LogP contribution in [0.4, 0.5) is 0 Å². The number of hydrogen-bond donors (Lipinski definition) is 2. The van der Waals surface area contributed by atoms with Crippen molar-refractivity contribution in [3.05, 3.63) is 35.9 Å². The van der Waals surface area contributed by atoms with Crippen molar-refractivity contribution >= 4 is 0 Å². The Balaban J connectivity index is 1.55. The quantitative estimate of drug-likeness (QED) is 0.858. The molecule has 0 radical (unpaired) electrons. The zero-order valence-electron chi connectivity index (χ0n) is 12.8. The van der Waals surface area contributed by atoms with E-state index in [1.165, 1.54) is 37.7 Å². The standard InChI is InChI=1S/C18H28N2/c1-13(2)19-16-10-6-7-11-17(16)20-18-12-15(18)14-8-4-3-5-9-14/h3-5,8-9,13,15-20H,6-7,10-12H2,1-2H3. The van der Waals surface area contributed by atoms with Gasteiger partial charge in [0.05, 0.1) is 0 Å². The summed E-state index contributed by atoms with van der Waals surface area (Å²) < 4.78 is 0. The van der Waals surface area contributed by atoms with E-state index in [0.717, 1.165) is 5.92 Å². The first-order valence-corrected chi connectivity index (χ1v) is 8.31. The Hall–Kier alpha value is -0.860. The molecule has 1 aromatic rings. The van der Waals surface area contributed by atoms with Crippen molar-refractivity contribution in [2.75, 3.05) is 0 Å². The van der Waals surface area contributed by atoms with E-state index in [1.54, 1.807) is 0 Å². The predicted octanol–water partition coefficient (Wildman–Crippen LogP) is 3.44. The lowest BCUT2D eigenvalue weighted by Crippen LogP contribution is -2.52. The van der Waals surface area contributed by atoms with Gasteiger partial charge in [-0.3, -0.25) is 0 Å². The van der Waals surface area contributed by atoms with Gasteiger partial charge in [0.25, 0.3) is 0 Å². The van der Waals surface area contributed by atoms with E-state index in [1.807, 2.05) is 0 Å². The summed E-state index contributed by atoms with van der Waals surface area (Å²) in [5.41, 5.74) is 1.51. The van der Waals surface area contributed by atoms with E-state index >= 15 is 0 Å². The summed E-state index contributed by atoms with van der Waals surface area (Å²) in [7, 11) is 0. The third-order valence-electron chi connectivity index (χ3n) is 4.76. The van der Waals surface area contributed by atoms with Crippen LogP contribution in [0.25, 0.3) is 0 Å². The second-order valence-corrected chi connectivity index (χ2v) is 6.84. The van der Waals surface area contributed by atoms with E-state index in [0.29, 0.717) is 24.2 Å². The average molecular weight is 272 g/mol. The van der Waals surface area contributed by atoms with E-state index in [4.69, 9.17) is 0 Å². The molecule has 4 atom stereocenters. The van der Waals surface area contributed by atoms with Gasteiger partial charge in [0.15, 0.2) is 0 Å². The second-order valence-electron chi connectivity index (χ2n) is 6.84. The highest BCUT2D eigenvalue weighted by atomic mass is 15.1. The molecule has 0 aliphatic heterocycles. The summed E-state index contributed by atoms with van der Waals surface area (Å²) in [4.78, 5) is 0. The molecule has 3 rings (SSSR count). The van der Waals surface area contributed by atoms with Crippen LogP contribution in [0.3, 0.4) is 0 Å². The Kier molecular flexibility index (Phi) is 4.42. The number of hydrogen-bond acceptors (Lipinski definition) is 2. The molecule has 2 fully saturated rings. The van der Waals surface area contributed by atoms with Gasteiger partial charge in [-0.25, -0.2) is 0 Å². The van der Waals surface area contributed by atoms with E-state index in [-0.39, 0.29) is 0 Å². The van der Waals surface area contributed by atoms with Crippen molar-refractivity contribution in [3.8, 4) is 0 Å². The van der Waals surface area contributed by atoms with Gasteiger partial charge in [-0.2, -0.15) is 0 Å². The van der Waals surface area contributed by atoms with Crippen LogP contribution in [-0.2, 0) is 0 Å². The minimum absolute atomic E-state index is 0.589. The Morgan fingerprint density at radius 3 is 2.35 bits per heavy atom. The molecule has 2 saturated carbocycles. The van der Waals surface area contributed by atoms with Crippen LogP contribution >= 0.6 is 0 Å².